The van der Waals surface area contributed by atoms with Crippen molar-refractivity contribution in [2.24, 2.45) is 0 Å². The first-order chi connectivity index (χ1) is 11.3. The third kappa shape index (κ3) is 7.19. The highest BCUT2D eigenvalue weighted by molar-refractivity contribution is 5.92. The first kappa shape index (κ1) is 20.4. The number of carbonyl (C=O) groups excluding carboxylic acids is 3. The number of hydrogen-bond acceptors (Lipinski definition) is 7. The van der Waals surface area contributed by atoms with Gasteiger partial charge in [0.05, 0.1) is 0 Å². The van der Waals surface area contributed by atoms with Crippen LogP contribution in [0.3, 0.4) is 0 Å². The summed E-state index contributed by atoms with van der Waals surface area (Å²) in [6, 6.07) is 3.06. The van der Waals surface area contributed by atoms with E-state index in [2.05, 4.69) is 4.98 Å². The van der Waals surface area contributed by atoms with Crippen LogP contribution in [-0.4, -0.2) is 39.4 Å². The molecule has 0 saturated heterocycles. The quantitative estimate of drug-likeness (QED) is 0.712. The Morgan fingerprint density at radius 1 is 0.920 bits per heavy atom. The van der Waals surface area contributed by atoms with Gasteiger partial charge in [-0.2, -0.15) is 0 Å². The highest BCUT2D eigenvalue weighted by Gasteiger charge is 2.35. The van der Waals surface area contributed by atoms with Crippen molar-refractivity contribution in [1.82, 2.24) is 10.0 Å². The number of hydrogen-bond donors (Lipinski definition) is 0. The molecule has 0 bridgehead atoms. The lowest BCUT2D eigenvalue weighted by molar-refractivity contribution is -0.107. The van der Waals surface area contributed by atoms with Crippen molar-refractivity contribution >= 4 is 18.2 Å². The van der Waals surface area contributed by atoms with Gasteiger partial charge in [0, 0.05) is 6.20 Å². The molecule has 138 valence electrons. The summed E-state index contributed by atoms with van der Waals surface area (Å²) in [6.45, 7) is 11.5. The van der Waals surface area contributed by atoms with Crippen LogP contribution in [0.5, 0.6) is 0 Å². The molecule has 0 aromatic carbocycles. The van der Waals surface area contributed by atoms with Gasteiger partial charge in [0.1, 0.15) is 11.2 Å². The maximum absolute atomic E-state index is 12.2. The van der Waals surface area contributed by atoms with E-state index in [9.17, 15) is 14.4 Å². The Kier molecular flexibility index (Phi) is 6.12. The Morgan fingerprint density at radius 2 is 1.40 bits per heavy atom. The second-order valence-electron chi connectivity index (χ2n) is 7.35. The molecule has 1 heterocycles. The van der Waals surface area contributed by atoms with Gasteiger partial charge in [0.2, 0.25) is 0 Å². The van der Waals surface area contributed by atoms with Gasteiger partial charge in [-0.15, -0.1) is 0 Å². The molecule has 1 aromatic rings. The van der Waals surface area contributed by atoms with Crippen LogP contribution in [0.25, 0.3) is 0 Å². The molecule has 2 amide bonds. The zero-order valence-electron chi connectivity index (χ0n) is 15.6. The van der Waals surface area contributed by atoms with Crippen LogP contribution >= 0.6 is 0 Å². The summed E-state index contributed by atoms with van der Waals surface area (Å²) >= 11 is 0. The third-order valence-electron chi connectivity index (χ3n) is 2.41. The van der Waals surface area contributed by atoms with Gasteiger partial charge >= 0.3 is 18.2 Å². The molecule has 8 nitrogen and oxygen atoms in total. The van der Waals surface area contributed by atoms with Crippen LogP contribution in [-0.2, 0) is 14.3 Å². The largest absolute Gasteiger partial charge is 0.454 e. The number of aromatic nitrogens is 1. The molecule has 0 aliphatic heterocycles. The number of carbonyl (C=O) groups is 3. The van der Waals surface area contributed by atoms with Gasteiger partial charge in [-0.05, 0) is 65.2 Å². The Morgan fingerprint density at radius 3 is 1.76 bits per heavy atom. The van der Waals surface area contributed by atoms with Gasteiger partial charge in [-0.25, -0.2) is 19.4 Å². The minimum absolute atomic E-state index is 0.0669. The molecule has 0 saturated carbocycles. The molecule has 0 aliphatic rings. The number of rotatable bonds is 1. The van der Waals surface area contributed by atoms with Gasteiger partial charge in [-0.3, -0.25) is 0 Å². The number of ether oxygens (including phenoxy) is 2. The molecular formula is C17H24N2O6. The highest BCUT2D eigenvalue weighted by Crippen LogP contribution is 2.16. The zero-order chi connectivity index (χ0) is 19.4. The number of aryl methyl sites for hydroxylation is 1. The molecule has 1 rings (SSSR count). The lowest BCUT2D eigenvalue weighted by atomic mass is 10.2. The van der Waals surface area contributed by atoms with E-state index in [1.165, 1.54) is 12.3 Å². The standard InChI is InChI=1S/C17H24N2O6/c1-11-8-9-12(18-10-11)13(20)25-19(14(21)23-16(2,3)4)15(22)24-17(5,6)7/h8-10H,1-7H3. The Hall–Kier alpha value is -2.64. The van der Waals surface area contributed by atoms with Crippen molar-refractivity contribution in [3.63, 3.8) is 0 Å². The topological polar surface area (TPSA) is 95.0 Å². The summed E-state index contributed by atoms with van der Waals surface area (Å²) in [6.07, 6.45) is -0.869. The number of amides is 2. The fourth-order valence-electron chi connectivity index (χ4n) is 1.47. The minimum atomic E-state index is -1.16. The average molecular weight is 352 g/mol. The summed E-state index contributed by atoms with van der Waals surface area (Å²) < 4.78 is 10.2. The summed E-state index contributed by atoms with van der Waals surface area (Å²) in [7, 11) is 0. The molecule has 0 fully saturated rings. The molecule has 0 N–H and O–H groups in total. The second kappa shape index (κ2) is 7.50. The molecular weight excluding hydrogens is 328 g/mol. The average Bonchev–Trinajstić information content (AvgIpc) is 2.41. The molecule has 0 atom stereocenters. The van der Waals surface area contributed by atoms with E-state index in [-0.39, 0.29) is 10.8 Å². The summed E-state index contributed by atoms with van der Waals surface area (Å²) in [4.78, 5) is 45.4. The first-order valence-electron chi connectivity index (χ1n) is 7.69. The van der Waals surface area contributed by atoms with E-state index in [1.807, 2.05) is 0 Å². The maximum atomic E-state index is 12.2. The van der Waals surface area contributed by atoms with E-state index in [0.29, 0.717) is 0 Å². The van der Waals surface area contributed by atoms with Crippen molar-refractivity contribution in [3.05, 3.63) is 29.6 Å². The smallest absolute Gasteiger partial charge is 0.441 e. The molecule has 0 aliphatic carbocycles. The van der Waals surface area contributed by atoms with Gasteiger partial charge in [-0.1, -0.05) is 6.07 Å². The van der Waals surface area contributed by atoms with Crippen LogP contribution in [0.15, 0.2) is 18.3 Å². The third-order valence-corrected chi connectivity index (χ3v) is 2.41. The summed E-state index contributed by atoms with van der Waals surface area (Å²) in [5, 5.41) is 0.153. The van der Waals surface area contributed by atoms with Gasteiger partial charge < -0.3 is 14.3 Å². The predicted octanol–water partition coefficient (Wildman–Crippen LogP) is 3.63. The minimum Gasteiger partial charge on any atom is -0.441 e. The van der Waals surface area contributed by atoms with Crippen molar-refractivity contribution in [2.75, 3.05) is 0 Å². The van der Waals surface area contributed by atoms with E-state index in [0.717, 1.165) is 5.56 Å². The number of nitrogens with zero attached hydrogens (tertiary/aromatic N) is 2. The molecule has 0 radical (unpaired) electrons. The Balaban J connectivity index is 3.00. The fourth-order valence-corrected chi connectivity index (χ4v) is 1.47. The van der Waals surface area contributed by atoms with Crippen molar-refractivity contribution < 1.29 is 28.7 Å². The van der Waals surface area contributed by atoms with Gasteiger partial charge in [0.15, 0.2) is 5.69 Å². The molecule has 1 aromatic heterocycles. The van der Waals surface area contributed by atoms with E-state index in [1.54, 1.807) is 54.5 Å². The zero-order valence-corrected chi connectivity index (χ0v) is 15.6. The highest BCUT2D eigenvalue weighted by atomic mass is 16.8. The Labute approximate surface area is 147 Å². The predicted molar refractivity (Wildman–Crippen MR) is 88.7 cm³/mol. The SMILES string of the molecule is Cc1ccc(C(=O)ON(C(=O)OC(C)(C)C)C(=O)OC(C)(C)C)nc1. The Bertz CT molecular complexity index is 613. The van der Waals surface area contributed by atoms with Crippen LogP contribution < -0.4 is 0 Å². The van der Waals surface area contributed by atoms with Crippen LogP contribution in [0.4, 0.5) is 9.59 Å². The number of pyridine rings is 1. The van der Waals surface area contributed by atoms with Crippen molar-refractivity contribution in [1.29, 1.82) is 0 Å². The number of hydroxylamine groups is 2. The lowest BCUT2D eigenvalue weighted by Crippen LogP contribution is -2.44. The van der Waals surface area contributed by atoms with Crippen LogP contribution in [0.2, 0.25) is 0 Å². The monoisotopic (exact) mass is 352 g/mol. The normalized spacial score (nSPS) is 11.5. The number of imide groups is 1. The van der Waals surface area contributed by atoms with Crippen LogP contribution in [0, 0.1) is 6.92 Å². The molecule has 8 heteroatoms. The maximum Gasteiger partial charge on any atom is 0.454 e. The molecule has 25 heavy (non-hydrogen) atoms. The summed E-state index contributed by atoms with van der Waals surface area (Å²) in [5.41, 5.74) is -1.02. The lowest BCUT2D eigenvalue weighted by Gasteiger charge is -2.27. The van der Waals surface area contributed by atoms with Crippen molar-refractivity contribution in [3.8, 4) is 0 Å². The van der Waals surface area contributed by atoms with Gasteiger partial charge in [0.25, 0.3) is 0 Å². The second-order valence-corrected chi connectivity index (χ2v) is 7.35. The van der Waals surface area contributed by atoms with Crippen LogP contribution in [0.1, 0.15) is 57.6 Å². The van der Waals surface area contributed by atoms with E-state index < -0.39 is 29.4 Å². The fraction of sp³-hybridized carbons (Fsp3) is 0.529. The molecule has 0 unspecified atom stereocenters. The van der Waals surface area contributed by atoms with E-state index in [4.69, 9.17) is 14.3 Å². The molecule has 0 spiro atoms. The first-order valence-corrected chi connectivity index (χ1v) is 7.69. The summed E-state index contributed by atoms with van der Waals surface area (Å²) in [5.74, 6) is -0.989. The van der Waals surface area contributed by atoms with Crippen molar-refractivity contribution in [2.45, 2.75) is 59.7 Å². The van der Waals surface area contributed by atoms with E-state index >= 15 is 0 Å².